The molecule has 3 aromatic rings. The Kier molecular flexibility index (Phi) is 13.9. The smallest absolute Gasteiger partial charge is 0.305 e. The molecule has 8 nitrogen and oxygen atoms in total. The van der Waals surface area contributed by atoms with Crippen LogP contribution in [-0.4, -0.2) is 54.2 Å². The van der Waals surface area contributed by atoms with Crippen LogP contribution in [0.2, 0.25) is 0 Å². The first-order valence-electron chi connectivity index (χ1n) is 14.1. The van der Waals surface area contributed by atoms with Crippen molar-refractivity contribution < 1.29 is 28.6 Å². The zero-order valence-corrected chi connectivity index (χ0v) is 25.1. The standard InChI is InChI=1S/C28H33N3O5.C3H8.CH3F/c1-18-12-14-20(15-13-18)31-23(27-24(35-2)10-7-11-25(27)36-3)16-22(30-31)28(34)29-21(17-26(32)33)19-8-5-4-6-9-19;1-3-2;1-2/h7,10-16,19,21H,4-6,8-9,17H2,1-3H3,(H,29,34)(H,32,33);3H2,1-2H3;1H3. The van der Waals surface area contributed by atoms with Gasteiger partial charge in [0.2, 0.25) is 0 Å². The molecular formula is C32H44FN3O5. The molecule has 1 aliphatic rings. The van der Waals surface area contributed by atoms with E-state index < -0.39 is 17.9 Å². The number of methoxy groups -OCH3 is 2. The predicted octanol–water partition coefficient (Wildman–Crippen LogP) is 7.02. The van der Waals surface area contributed by atoms with Gasteiger partial charge in [-0.1, -0.05) is 63.3 Å². The number of nitrogens with zero attached hydrogens (tertiary/aromatic N) is 2. The molecule has 1 fully saturated rings. The number of hydrogen-bond acceptors (Lipinski definition) is 5. The number of carboxylic acid groups (broad SMARTS) is 1. The van der Waals surface area contributed by atoms with Crippen molar-refractivity contribution in [1.82, 2.24) is 15.1 Å². The molecule has 0 spiro atoms. The van der Waals surface area contributed by atoms with Gasteiger partial charge in [-0.3, -0.25) is 14.0 Å². The molecule has 1 aromatic heterocycles. The summed E-state index contributed by atoms with van der Waals surface area (Å²) in [6.45, 7) is 6.25. The SMILES string of the molecule is CCC.CF.COc1cccc(OC)c1-c1cc(C(=O)NC(CC(=O)O)C2CCCCC2)nn1-c1ccc(C)cc1. The molecule has 1 saturated carbocycles. The average molecular weight is 570 g/mol. The van der Waals surface area contributed by atoms with Crippen molar-refractivity contribution in [1.29, 1.82) is 0 Å². The van der Waals surface area contributed by atoms with Gasteiger partial charge in [0.15, 0.2) is 5.69 Å². The van der Waals surface area contributed by atoms with E-state index in [0.29, 0.717) is 29.9 Å². The number of hydrogen-bond donors (Lipinski definition) is 2. The Bertz CT molecular complexity index is 1210. The lowest BCUT2D eigenvalue weighted by molar-refractivity contribution is -0.137. The Labute approximate surface area is 242 Å². The van der Waals surface area contributed by atoms with Crippen molar-refractivity contribution >= 4 is 11.9 Å². The maximum atomic E-state index is 13.4. The van der Waals surface area contributed by atoms with Crippen LogP contribution in [0, 0.1) is 12.8 Å². The van der Waals surface area contributed by atoms with Gasteiger partial charge in [0.25, 0.3) is 5.91 Å². The van der Waals surface area contributed by atoms with Gasteiger partial charge in [-0.25, -0.2) is 4.68 Å². The van der Waals surface area contributed by atoms with E-state index in [0.717, 1.165) is 43.4 Å². The molecule has 1 amide bonds. The van der Waals surface area contributed by atoms with Crippen molar-refractivity contribution in [2.24, 2.45) is 5.92 Å². The second-order valence-electron chi connectivity index (χ2n) is 9.98. The van der Waals surface area contributed by atoms with Gasteiger partial charge in [-0.15, -0.1) is 0 Å². The van der Waals surface area contributed by atoms with Crippen LogP contribution in [0.3, 0.4) is 0 Å². The summed E-state index contributed by atoms with van der Waals surface area (Å²) >= 11 is 0. The Balaban J connectivity index is 0.00000110. The highest BCUT2D eigenvalue weighted by Gasteiger charge is 2.29. The minimum absolute atomic E-state index is 0.109. The van der Waals surface area contributed by atoms with Crippen molar-refractivity contribution in [2.75, 3.05) is 21.4 Å². The number of alkyl halides is 1. The minimum atomic E-state index is -0.921. The molecule has 1 heterocycles. The lowest BCUT2D eigenvalue weighted by Gasteiger charge is -2.29. The molecule has 1 unspecified atom stereocenters. The van der Waals surface area contributed by atoms with E-state index in [2.05, 4.69) is 24.3 Å². The Hall–Kier alpha value is -3.88. The number of carbonyl (C=O) groups is 2. The zero-order valence-electron chi connectivity index (χ0n) is 25.1. The van der Waals surface area contributed by atoms with Crippen LogP contribution in [0.15, 0.2) is 48.5 Å². The summed E-state index contributed by atoms with van der Waals surface area (Å²) in [5.41, 5.74) is 3.38. The second kappa shape index (κ2) is 17.0. The molecule has 41 heavy (non-hydrogen) atoms. The maximum Gasteiger partial charge on any atom is 0.305 e. The Morgan fingerprint density at radius 3 is 2.10 bits per heavy atom. The van der Waals surface area contributed by atoms with Gasteiger partial charge < -0.3 is 19.9 Å². The molecule has 4 rings (SSSR count). The third kappa shape index (κ3) is 9.06. The molecule has 224 valence electrons. The topological polar surface area (TPSA) is 103 Å². The molecular weight excluding hydrogens is 525 g/mol. The molecule has 0 radical (unpaired) electrons. The van der Waals surface area contributed by atoms with Crippen LogP contribution in [0.5, 0.6) is 11.5 Å². The van der Waals surface area contributed by atoms with Gasteiger partial charge in [0.05, 0.1) is 44.8 Å². The number of nitrogens with one attached hydrogen (secondary N) is 1. The van der Waals surface area contributed by atoms with Crippen LogP contribution in [0.25, 0.3) is 16.9 Å². The highest BCUT2D eigenvalue weighted by atomic mass is 19.1. The van der Waals surface area contributed by atoms with Gasteiger partial charge >= 0.3 is 5.97 Å². The molecule has 0 bridgehead atoms. The molecule has 2 aromatic carbocycles. The highest BCUT2D eigenvalue weighted by Crippen LogP contribution is 2.39. The molecule has 0 saturated heterocycles. The molecule has 1 atom stereocenters. The number of aromatic nitrogens is 2. The number of amides is 1. The number of carboxylic acids is 1. The fraction of sp³-hybridized carbons (Fsp3) is 0.469. The van der Waals surface area contributed by atoms with E-state index in [4.69, 9.17) is 9.47 Å². The summed E-state index contributed by atoms with van der Waals surface area (Å²) in [5.74, 6) is -0.00358. The lowest BCUT2D eigenvalue weighted by Crippen LogP contribution is -2.42. The Morgan fingerprint density at radius 2 is 1.59 bits per heavy atom. The fourth-order valence-corrected chi connectivity index (χ4v) is 4.96. The largest absolute Gasteiger partial charge is 0.496 e. The minimum Gasteiger partial charge on any atom is -0.496 e. The van der Waals surface area contributed by atoms with E-state index in [-0.39, 0.29) is 18.0 Å². The number of benzene rings is 2. The van der Waals surface area contributed by atoms with E-state index in [1.54, 1.807) is 25.0 Å². The lowest BCUT2D eigenvalue weighted by atomic mass is 9.82. The molecule has 2 N–H and O–H groups in total. The number of aliphatic carboxylic acids is 1. The average Bonchev–Trinajstić information content (AvgIpc) is 3.43. The van der Waals surface area contributed by atoms with Gasteiger partial charge in [-0.2, -0.15) is 5.10 Å². The van der Waals surface area contributed by atoms with Gasteiger partial charge in [0.1, 0.15) is 11.5 Å². The number of ether oxygens (including phenoxy) is 2. The first-order valence-corrected chi connectivity index (χ1v) is 14.1. The fourth-order valence-electron chi connectivity index (χ4n) is 4.96. The van der Waals surface area contributed by atoms with Crippen LogP contribution in [0.4, 0.5) is 4.39 Å². The summed E-state index contributed by atoms with van der Waals surface area (Å²) < 4.78 is 22.4. The van der Waals surface area contributed by atoms with E-state index >= 15 is 0 Å². The van der Waals surface area contributed by atoms with Crippen molar-refractivity contribution in [3.05, 3.63) is 59.8 Å². The Morgan fingerprint density at radius 1 is 1.02 bits per heavy atom. The summed E-state index contributed by atoms with van der Waals surface area (Å²) in [7, 11) is 3.66. The van der Waals surface area contributed by atoms with Gasteiger partial charge in [-0.05, 0) is 56.0 Å². The number of rotatable bonds is 9. The van der Waals surface area contributed by atoms with Crippen LogP contribution >= 0.6 is 0 Å². The van der Waals surface area contributed by atoms with Crippen LogP contribution in [-0.2, 0) is 4.79 Å². The summed E-state index contributed by atoms with van der Waals surface area (Å²) in [5, 5.41) is 17.1. The van der Waals surface area contributed by atoms with Gasteiger partial charge in [0, 0.05) is 6.04 Å². The third-order valence-electron chi connectivity index (χ3n) is 6.83. The normalized spacial score (nSPS) is 13.5. The number of carbonyl (C=O) groups excluding carboxylic acids is 1. The first kappa shape index (κ1) is 33.3. The number of aryl methyl sites for hydroxylation is 1. The molecule has 9 heteroatoms. The third-order valence-corrected chi connectivity index (χ3v) is 6.83. The van der Waals surface area contributed by atoms with E-state index in [1.807, 2.05) is 49.4 Å². The van der Waals surface area contributed by atoms with Crippen molar-refractivity contribution in [3.8, 4) is 28.4 Å². The second-order valence-corrected chi connectivity index (χ2v) is 9.98. The van der Waals surface area contributed by atoms with E-state index in [1.165, 1.54) is 6.42 Å². The molecule has 1 aliphatic carbocycles. The van der Waals surface area contributed by atoms with Crippen LogP contribution < -0.4 is 14.8 Å². The predicted molar refractivity (Wildman–Crippen MR) is 160 cm³/mol. The molecule has 0 aliphatic heterocycles. The van der Waals surface area contributed by atoms with Crippen LogP contribution in [0.1, 0.15) is 74.8 Å². The maximum absolute atomic E-state index is 13.4. The van der Waals surface area contributed by atoms with E-state index in [9.17, 15) is 19.1 Å². The summed E-state index contributed by atoms with van der Waals surface area (Å²) in [4.78, 5) is 25.0. The quantitative estimate of drug-likeness (QED) is 0.287. The number of halogens is 1. The monoisotopic (exact) mass is 569 g/mol. The summed E-state index contributed by atoms with van der Waals surface area (Å²) in [6, 6.07) is 14.6. The highest BCUT2D eigenvalue weighted by molar-refractivity contribution is 5.94. The first-order chi connectivity index (χ1) is 19.8. The van der Waals surface area contributed by atoms with Crippen molar-refractivity contribution in [3.63, 3.8) is 0 Å². The summed E-state index contributed by atoms with van der Waals surface area (Å²) in [6.07, 6.45) is 6.23. The van der Waals surface area contributed by atoms with Crippen molar-refractivity contribution in [2.45, 2.75) is 71.8 Å². The zero-order chi connectivity index (χ0) is 30.4.